The van der Waals surface area contributed by atoms with E-state index in [1.165, 1.54) is 23.1 Å². The fourth-order valence-corrected chi connectivity index (χ4v) is 3.37. The van der Waals surface area contributed by atoms with E-state index in [0.717, 1.165) is 17.9 Å². The van der Waals surface area contributed by atoms with Crippen LogP contribution in [0.3, 0.4) is 0 Å². The largest absolute Gasteiger partial charge is 0.497 e. The van der Waals surface area contributed by atoms with E-state index >= 15 is 0 Å². The Bertz CT molecular complexity index is 753. The summed E-state index contributed by atoms with van der Waals surface area (Å²) in [6.07, 6.45) is 0.796. The van der Waals surface area contributed by atoms with E-state index in [0.29, 0.717) is 9.47 Å². The third-order valence-electron chi connectivity index (χ3n) is 3.30. The standard InChI is InChI=1S/C16H21N5O3S2/c1-4-10(2)17-14(23)19-13(22)9-25-16-21-20-15(26-16)18-11-6-5-7-12(8-11)24-3/h5-8,10H,4,9H2,1-3H3,(H,18,20)(H2,17,19,22,23)/t10-/m1/s1. The molecule has 1 atom stereocenters. The number of rotatable bonds is 8. The van der Waals surface area contributed by atoms with Crippen LogP contribution in [0.5, 0.6) is 5.75 Å². The van der Waals surface area contributed by atoms with Crippen LogP contribution in [-0.4, -0.2) is 41.0 Å². The topological polar surface area (TPSA) is 105 Å². The van der Waals surface area contributed by atoms with Gasteiger partial charge in [0, 0.05) is 17.8 Å². The van der Waals surface area contributed by atoms with Crippen molar-refractivity contribution in [3.63, 3.8) is 0 Å². The number of ether oxygens (including phenoxy) is 1. The molecule has 0 aliphatic rings. The average molecular weight is 396 g/mol. The molecule has 1 aromatic heterocycles. The maximum absolute atomic E-state index is 11.8. The second-order valence-electron chi connectivity index (χ2n) is 5.35. The van der Waals surface area contributed by atoms with E-state index in [-0.39, 0.29) is 17.7 Å². The minimum atomic E-state index is -0.484. The number of methoxy groups -OCH3 is 1. The highest BCUT2D eigenvalue weighted by Crippen LogP contribution is 2.28. The van der Waals surface area contributed by atoms with E-state index in [9.17, 15) is 9.59 Å². The third-order valence-corrected chi connectivity index (χ3v) is 5.27. The van der Waals surface area contributed by atoms with Gasteiger partial charge in [-0.1, -0.05) is 36.1 Å². The van der Waals surface area contributed by atoms with E-state index in [2.05, 4.69) is 26.1 Å². The van der Waals surface area contributed by atoms with Crippen LogP contribution in [0.4, 0.5) is 15.6 Å². The number of anilines is 2. The Labute approximate surface area is 160 Å². The molecule has 0 fully saturated rings. The number of nitrogens with one attached hydrogen (secondary N) is 3. The van der Waals surface area contributed by atoms with Gasteiger partial charge in [0.2, 0.25) is 11.0 Å². The van der Waals surface area contributed by atoms with Gasteiger partial charge in [0.05, 0.1) is 12.9 Å². The molecule has 1 aromatic carbocycles. The molecule has 2 aromatic rings. The zero-order chi connectivity index (χ0) is 18.9. The summed E-state index contributed by atoms with van der Waals surface area (Å²) in [6, 6.07) is 6.99. The Morgan fingerprint density at radius 2 is 2.15 bits per heavy atom. The lowest BCUT2D eigenvalue weighted by atomic mass is 10.3. The van der Waals surface area contributed by atoms with Gasteiger partial charge >= 0.3 is 6.03 Å². The number of nitrogens with zero attached hydrogens (tertiary/aromatic N) is 2. The van der Waals surface area contributed by atoms with Gasteiger partial charge in [0.15, 0.2) is 4.34 Å². The van der Waals surface area contributed by atoms with Gasteiger partial charge in [0.1, 0.15) is 5.75 Å². The third kappa shape index (κ3) is 6.52. The normalized spacial score (nSPS) is 11.5. The quantitative estimate of drug-likeness (QED) is 0.590. The molecule has 0 spiro atoms. The molecule has 26 heavy (non-hydrogen) atoms. The summed E-state index contributed by atoms with van der Waals surface area (Å²) in [5.41, 5.74) is 0.830. The van der Waals surface area contributed by atoms with Crippen molar-refractivity contribution in [2.45, 2.75) is 30.6 Å². The van der Waals surface area contributed by atoms with E-state index in [1.807, 2.05) is 38.1 Å². The summed E-state index contributed by atoms with van der Waals surface area (Å²) in [5, 5.41) is 16.8. The van der Waals surface area contributed by atoms with Crippen molar-refractivity contribution in [1.82, 2.24) is 20.8 Å². The fraction of sp³-hybridized carbons (Fsp3) is 0.375. The number of hydrogen-bond acceptors (Lipinski definition) is 8. The van der Waals surface area contributed by atoms with Crippen molar-refractivity contribution in [2.24, 2.45) is 0 Å². The lowest BCUT2D eigenvalue weighted by molar-refractivity contribution is -0.117. The Morgan fingerprint density at radius 1 is 1.35 bits per heavy atom. The predicted molar refractivity (Wildman–Crippen MR) is 103 cm³/mol. The summed E-state index contributed by atoms with van der Waals surface area (Å²) < 4.78 is 5.80. The highest BCUT2D eigenvalue weighted by molar-refractivity contribution is 8.01. The van der Waals surface area contributed by atoms with Gasteiger partial charge in [-0.05, 0) is 25.5 Å². The second-order valence-corrected chi connectivity index (χ2v) is 7.55. The lowest BCUT2D eigenvalue weighted by Gasteiger charge is -2.11. The van der Waals surface area contributed by atoms with Crippen LogP contribution in [0.2, 0.25) is 0 Å². The molecule has 3 N–H and O–H groups in total. The molecule has 10 heteroatoms. The van der Waals surface area contributed by atoms with Gasteiger partial charge < -0.3 is 15.4 Å². The first-order valence-electron chi connectivity index (χ1n) is 7.98. The Kier molecular flexibility index (Phi) is 7.67. The average Bonchev–Trinajstić information content (AvgIpc) is 3.07. The molecule has 1 heterocycles. The van der Waals surface area contributed by atoms with Crippen molar-refractivity contribution in [3.05, 3.63) is 24.3 Å². The first-order valence-corrected chi connectivity index (χ1v) is 9.78. The molecular formula is C16H21N5O3S2. The van der Waals surface area contributed by atoms with Gasteiger partial charge in [-0.3, -0.25) is 10.1 Å². The number of aromatic nitrogens is 2. The molecule has 0 unspecified atom stereocenters. The molecule has 0 radical (unpaired) electrons. The van der Waals surface area contributed by atoms with Crippen LogP contribution < -0.4 is 20.7 Å². The van der Waals surface area contributed by atoms with Crippen LogP contribution in [0.1, 0.15) is 20.3 Å². The summed E-state index contributed by atoms with van der Waals surface area (Å²) >= 11 is 2.55. The van der Waals surface area contributed by atoms with E-state index in [1.54, 1.807) is 7.11 Å². The zero-order valence-corrected chi connectivity index (χ0v) is 16.4. The van der Waals surface area contributed by atoms with Crippen molar-refractivity contribution in [1.29, 1.82) is 0 Å². The van der Waals surface area contributed by atoms with Crippen LogP contribution in [-0.2, 0) is 4.79 Å². The van der Waals surface area contributed by atoms with Crippen LogP contribution in [0, 0.1) is 0 Å². The number of imide groups is 1. The summed E-state index contributed by atoms with van der Waals surface area (Å²) in [4.78, 5) is 23.4. The molecule has 8 nitrogen and oxygen atoms in total. The Hall–Kier alpha value is -2.33. The molecular weight excluding hydrogens is 374 g/mol. The minimum absolute atomic E-state index is 0.0175. The molecule has 0 saturated heterocycles. The van der Waals surface area contributed by atoms with Gasteiger partial charge in [-0.15, -0.1) is 10.2 Å². The summed E-state index contributed by atoms with van der Waals surface area (Å²) in [7, 11) is 1.60. The lowest BCUT2D eigenvalue weighted by Crippen LogP contribution is -2.43. The first kappa shape index (κ1) is 20.0. The van der Waals surface area contributed by atoms with Gasteiger partial charge in [-0.25, -0.2) is 4.79 Å². The molecule has 3 amide bonds. The summed E-state index contributed by atoms with van der Waals surface area (Å²) in [6.45, 7) is 3.83. The number of thioether (sulfide) groups is 1. The number of urea groups is 1. The maximum atomic E-state index is 11.8. The Balaban J connectivity index is 1.80. The van der Waals surface area contributed by atoms with Gasteiger partial charge in [0.25, 0.3) is 0 Å². The molecule has 0 aliphatic heterocycles. The number of benzene rings is 1. The molecule has 0 saturated carbocycles. The van der Waals surface area contributed by atoms with Crippen molar-refractivity contribution in [3.8, 4) is 5.75 Å². The van der Waals surface area contributed by atoms with Crippen LogP contribution in [0.15, 0.2) is 28.6 Å². The number of carbonyl (C=O) groups excluding carboxylic acids is 2. The Morgan fingerprint density at radius 3 is 2.88 bits per heavy atom. The minimum Gasteiger partial charge on any atom is -0.497 e. The van der Waals surface area contributed by atoms with Crippen LogP contribution in [0.25, 0.3) is 0 Å². The SMILES string of the molecule is CC[C@@H](C)NC(=O)NC(=O)CSc1nnc(Nc2cccc(OC)c2)s1. The van der Waals surface area contributed by atoms with Crippen molar-refractivity contribution >= 4 is 45.9 Å². The van der Waals surface area contributed by atoms with Gasteiger partial charge in [-0.2, -0.15) is 0 Å². The molecule has 140 valence electrons. The number of amides is 3. The molecule has 0 aliphatic carbocycles. The molecule has 2 rings (SSSR count). The fourth-order valence-electron chi connectivity index (χ4n) is 1.79. The van der Waals surface area contributed by atoms with E-state index < -0.39 is 6.03 Å². The monoisotopic (exact) mass is 395 g/mol. The number of carbonyl (C=O) groups is 2. The summed E-state index contributed by atoms with van der Waals surface area (Å²) in [5.74, 6) is 0.441. The van der Waals surface area contributed by atoms with E-state index in [4.69, 9.17) is 4.74 Å². The maximum Gasteiger partial charge on any atom is 0.321 e. The number of hydrogen-bond donors (Lipinski definition) is 3. The highest BCUT2D eigenvalue weighted by atomic mass is 32.2. The highest BCUT2D eigenvalue weighted by Gasteiger charge is 2.12. The first-order chi connectivity index (χ1) is 12.5. The second kappa shape index (κ2) is 9.97. The van der Waals surface area contributed by atoms with Crippen molar-refractivity contribution < 1.29 is 14.3 Å². The smallest absolute Gasteiger partial charge is 0.321 e. The molecule has 0 bridgehead atoms. The van der Waals surface area contributed by atoms with Crippen molar-refractivity contribution in [2.75, 3.05) is 18.2 Å². The zero-order valence-electron chi connectivity index (χ0n) is 14.7. The van der Waals surface area contributed by atoms with Crippen LogP contribution >= 0.6 is 23.1 Å². The predicted octanol–water partition coefficient (Wildman–Crippen LogP) is 3.01.